The number of amides is 1. The molecule has 0 heterocycles. The summed E-state index contributed by atoms with van der Waals surface area (Å²) in [6, 6.07) is 0. The van der Waals surface area contributed by atoms with Gasteiger partial charge in [0.05, 0.1) is 0 Å². The van der Waals surface area contributed by atoms with E-state index in [1.54, 1.807) is 7.05 Å². The molecule has 0 bridgehead atoms. The van der Waals surface area contributed by atoms with E-state index in [2.05, 4.69) is 4.74 Å². The minimum Gasteiger partial charge on any atom is -0.444 e. The summed E-state index contributed by atoms with van der Waals surface area (Å²) in [6.07, 6.45) is -0.409. The van der Waals surface area contributed by atoms with Gasteiger partial charge in [-0.1, -0.05) is 0 Å². The first-order chi connectivity index (χ1) is 6.37. The molecule has 0 rings (SSSR count). The summed E-state index contributed by atoms with van der Waals surface area (Å²) in [5.74, 6) is 0. The molecule has 0 fully saturated rings. The Bertz CT molecular complexity index is 176. The minimum absolute atomic E-state index is 0.156. The Hall–Kier alpha value is -0.810. The Labute approximate surface area is 84.9 Å². The van der Waals surface area contributed by atoms with E-state index in [1.165, 1.54) is 12.0 Å². The first-order valence-corrected chi connectivity index (χ1v) is 4.37. The Morgan fingerprint density at radius 1 is 1.36 bits per heavy atom. The molecule has 5 heteroatoms. The van der Waals surface area contributed by atoms with E-state index in [-0.39, 0.29) is 13.5 Å². The maximum absolute atomic E-state index is 11.3. The number of ether oxygens (including phenoxy) is 3. The molecule has 0 aromatic carbocycles. The molecule has 0 aromatic heterocycles. The Kier molecular flexibility index (Phi) is 5.49. The van der Waals surface area contributed by atoms with Crippen LogP contribution in [0.1, 0.15) is 20.8 Å². The van der Waals surface area contributed by atoms with Gasteiger partial charge in [-0.2, -0.15) is 0 Å². The maximum atomic E-state index is 11.3. The maximum Gasteiger partial charge on any atom is 0.411 e. The third-order valence-electron chi connectivity index (χ3n) is 1.19. The second kappa shape index (κ2) is 5.82. The molecule has 0 spiro atoms. The van der Waals surface area contributed by atoms with Crippen LogP contribution in [-0.2, 0) is 14.2 Å². The highest BCUT2D eigenvalue weighted by atomic mass is 16.7. The van der Waals surface area contributed by atoms with Crippen LogP contribution in [0, 0.1) is 0 Å². The van der Waals surface area contributed by atoms with Crippen LogP contribution in [0.2, 0.25) is 0 Å². The fourth-order valence-electron chi connectivity index (χ4n) is 0.650. The molecular formula is C9H19NO4. The minimum atomic E-state index is -0.480. The van der Waals surface area contributed by atoms with Crippen LogP contribution < -0.4 is 0 Å². The summed E-state index contributed by atoms with van der Waals surface area (Å²) in [4.78, 5) is 12.7. The number of carbonyl (C=O) groups is 1. The molecule has 0 saturated carbocycles. The van der Waals surface area contributed by atoms with Crippen molar-refractivity contribution in [3.05, 3.63) is 0 Å². The average Bonchev–Trinajstić information content (AvgIpc) is 2.01. The first-order valence-electron chi connectivity index (χ1n) is 4.37. The highest BCUT2D eigenvalue weighted by Crippen LogP contribution is 2.08. The third kappa shape index (κ3) is 6.68. The predicted molar refractivity (Wildman–Crippen MR) is 51.8 cm³/mol. The van der Waals surface area contributed by atoms with Gasteiger partial charge in [0, 0.05) is 14.2 Å². The Morgan fingerprint density at radius 3 is 2.36 bits per heavy atom. The van der Waals surface area contributed by atoms with Crippen LogP contribution in [0.25, 0.3) is 0 Å². The van der Waals surface area contributed by atoms with Crippen molar-refractivity contribution in [2.45, 2.75) is 26.4 Å². The third-order valence-corrected chi connectivity index (χ3v) is 1.19. The number of hydrogen-bond donors (Lipinski definition) is 0. The number of carbonyl (C=O) groups excluding carboxylic acids is 1. The lowest BCUT2D eigenvalue weighted by molar-refractivity contribution is -0.0705. The van der Waals surface area contributed by atoms with Crippen molar-refractivity contribution in [2.75, 3.05) is 27.7 Å². The number of nitrogens with zero attached hydrogens (tertiary/aromatic N) is 1. The summed E-state index contributed by atoms with van der Waals surface area (Å²) < 4.78 is 14.8. The van der Waals surface area contributed by atoms with Crippen LogP contribution in [0.3, 0.4) is 0 Å². The van der Waals surface area contributed by atoms with E-state index in [4.69, 9.17) is 9.47 Å². The van der Waals surface area contributed by atoms with Gasteiger partial charge in [-0.05, 0) is 20.8 Å². The van der Waals surface area contributed by atoms with Gasteiger partial charge >= 0.3 is 6.09 Å². The lowest BCUT2D eigenvalue weighted by Gasteiger charge is -2.24. The number of methoxy groups -OCH3 is 1. The van der Waals surface area contributed by atoms with Crippen molar-refractivity contribution in [2.24, 2.45) is 0 Å². The van der Waals surface area contributed by atoms with E-state index in [9.17, 15) is 4.79 Å². The summed E-state index contributed by atoms with van der Waals surface area (Å²) >= 11 is 0. The van der Waals surface area contributed by atoms with Crippen LogP contribution in [-0.4, -0.2) is 44.3 Å². The zero-order chi connectivity index (χ0) is 11.2. The largest absolute Gasteiger partial charge is 0.444 e. The van der Waals surface area contributed by atoms with Gasteiger partial charge in [-0.25, -0.2) is 4.79 Å². The fourth-order valence-corrected chi connectivity index (χ4v) is 0.650. The lowest BCUT2D eigenvalue weighted by Crippen LogP contribution is -2.35. The molecule has 84 valence electrons. The predicted octanol–water partition coefficient (Wildman–Crippen LogP) is 1.43. The monoisotopic (exact) mass is 205 g/mol. The Balaban J connectivity index is 3.77. The van der Waals surface area contributed by atoms with E-state index in [1.807, 2.05) is 20.8 Å². The summed E-state index contributed by atoms with van der Waals surface area (Å²) in [5.41, 5.74) is -0.480. The molecule has 0 radical (unpaired) electrons. The first kappa shape index (κ1) is 13.2. The van der Waals surface area contributed by atoms with E-state index in [0.717, 1.165) is 0 Å². The molecule has 5 nitrogen and oxygen atoms in total. The van der Waals surface area contributed by atoms with Gasteiger partial charge in [0.1, 0.15) is 19.1 Å². The highest BCUT2D eigenvalue weighted by Gasteiger charge is 2.19. The second-order valence-corrected chi connectivity index (χ2v) is 3.92. The van der Waals surface area contributed by atoms with Crippen LogP contribution >= 0.6 is 0 Å². The molecule has 0 aliphatic carbocycles. The average molecular weight is 205 g/mol. The topological polar surface area (TPSA) is 48.0 Å². The smallest absolute Gasteiger partial charge is 0.411 e. The quantitative estimate of drug-likeness (QED) is 0.514. The highest BCUT2D eigenvalue weighted by molar-refractivity contribution is 5.67. The van der Waals surface area contributed by atoms with Gasteiger partial charge in [0.2, 0.25) is 0 Å². The van der Waals surface area contributed by atoms with Gasteiger partial charge in [-0.3, -0.25) is 4.90 Å². The van der Waals surface area contributed by atoms with Crippen LogP contribution in [0.5, 0.6) is 0 Å². The molecular weight excluding hydrogens is 186 g/mol. The molecule has 0 unspecified atom stereocenters. The fraction of sp³-hybridized carbons (Fsp3) is 0.889. The SMILES string of the molecule is COCOCN(C)C(=O)OC(C)(C)C. The number of hydrogen-bond acceptors (Lipinski definition) is 4. The van der Waals surface area contributed by atoms with E-state index >= 15 is 0 Å². The lowest BCUT2D eigenvalue weighted by atomic mass is 10.2. The molecule has 14 heavy (non-hydrogen) atoms. The van der Waals surface area contributed by atoms with Gasteiger partial charge in [0.25, 0.3) is 0 Å². The van der Waals surface area contributed by atoms with Crippen molar-refractivity contribution in [1.29, 1.82) is 0 Å². The van der Waals surface area contributed by atoms with Crippen molar-refractivity contribution >= 4 is 6.09 Å². The second-order valence-electron chi connectivity index (χ2n) is 3.92. The van der Waals surface area contributed by atoms with Crippen molar-refractivity contribution < 1.29 is 19.0 Å². The molecule has 0 N–H and O–H groups in total. The summed E-state index contributed by atoms with van der Waals surface area (Å²) in [7, 11) is 3.12. The van der Waals surface area contributed by atoms with E-state index in [0.29, 0.717) is 0 Å². The van der Waals surface area contributed by atoms with Gasteiger partial charge < -0.3 is 14.2 Å². The molecule has 0 aliphatic heterocycles. The van der Waals surface area contributed by atoms with Crippen molar-refractivity contribution in [3.8, 4) is 0 Å². The van der Waals surface area contributed by atoms with Gasteiger partial charge in [-0.15, -0.1) is 0 Å². The molecule has 0 saturated heterocycles. The van der Waals surface area contributed by atoms with E-state index < -0.39 is 11.7 Å². The standard InChI is InChI=1S/C9H19NO4/c1-9(2,3)14-8(11)10(4)6-13-7-12-5/h6-7H2,1-5H3. The van der Waals surface area contributed by atoms with Crippen molar-refractivity contribution in [3.63, 3.8) is 0 Å². The zero-order valence-electron chi connectivity index (χ0n) is 9.49. The molecule has 1 amide bonds. The Morgan fingerprint density at radius 2 is 1.93 bits per heavy atom. The number of rotatable bonds is 4. The molecule has 0 aromatic rings. The van der Waals surface area contributed by atoms with Crippen LogP contribution in [0.15, 0.2) is 0 Å². The van der Waals surface area contributed by atoms with Gasteiger partial charge in [0.15, 0.2) is 0 Å². The molecule has 0 atom stereocenters. The summed E-state index contributed by atoms with van der Waals surface area (Å²) in [6.45, 7) is 5.76. The summed E-state index contributed by atoms with van der Waals surface area (Å²) in [5, 5.41) is 0. The normalized spacial score (nSPS) is 11.2. The zero-order valence-corrected chi connectivity index (χ0v) is 9.49. The van der Waals surface area contributed by atoms with Crippen LogP contribution in [0.4, 0.5) is 4.79 Å². The van der Waals surface area contributed by atoms with Crippen molar-refractivity contribution in [1.82, 2.24) is 4.90 Å². The molecule has 0 aliphatic rings.